The van der Waals surface area contributed by atoms with E-state index in [-0.39, 0.29) is 5.56 Å². The van der Waals surface area contributed by atoms with Crippen LogP contribution in [0.1, 0.15) is 48.9 Å². The normalized spacial score (nSPS) is 15.8. The molecular formula is C14H20N2O2. The van der Waals surface area contributed by atoms with E-state index in [1.807, 2.05) is 0 Å². The van der Waals surface area contributed by atoms with Crippen LogP contribution in [0.5, 0.6) is 0 Å². The molecule has 98 valence electrons. The molecule has 0 atom stereocenters. The number of carbonyl (C=O) groups is 1. The molecule has 1 aromatic rings. The highest BCUT2D eigenvalue weighted by atomic mass is 16.4. The standard InChI is InChI=1S/C14H20N2O2/c17-14(18)12-10-15-9-7-13(12)16-8-3-6-11-4-1-2-5-11/h7,9-11H,1-6,8H2,(H,15,16)(H,17,18). The van der Waals surface area contributed by atoms with E-state index in [0.717, 1.165) is 18.9 Å². The van der Waals surface area contributed by atoms with Crippen molar-refractivity contribution >= 4 is 11.7 Å². The van der Waals surface area contributed by atoms with Gasteiger partial charge in [0.25, 0.3) is 0 Å². The van der Waals surface area contributed by atoms with Gasteiger partial charge in [-0.3, -0.25) is 4.98 Å². The van der Waals surface area contributed by atoms with Crippen molar-refractivity contribution < 1.29 is 9.90 Å². The first-order valence-electron chi connectivity index (χ1n) is 6.68. The van der Waals surface area contributed by atoms with Gasteiger partial charge in [-0.05, 0) is 24.8 Å². The van der Waals surface area contributed by atoms with Gasteiger partial charge < -0.3 is 10.4 Å². The van der Waals surface area contributed by atoms with E-state index in [0.29, 0.717) is 5.69 Å². The summed E-state index contributed by atoms with van der Waals surface area (Å²) in [6.07, 6.45) is 10.9. The van der Waals surface area contributed by atoms with Crippen molar-refractivity contribution in [1.82, 2.24) is 4.98 Å². The third kappa shape index (κ3) is 3.45. The van der Waals surface area contributed by atoms with Crippen LogP contribution in [0.4, 0.5) is 5.69 Å². The molecule has 1 aliphatic carbocycles. The fourth-order valence-electron chi connectivity index (χ4n) is 2.63. The van der Waals surface area contributed by atoms with Crippen molar-refractivity contribution in [3.8, 4) is 0 Å². The summed E-state index contributed by atoms with van der Waals surface area (Å²) in [6, 6.07) is 1.72. The minimum atomic E-state index is -0.929. The van der Waals surface area contributed by atoms with E-state index in [1.54, 1.807) is 12.3 Å². The third-order valence-corrected chi connectivity index (χ3v) is 3.63. The summed E-state index contributed by atoms with van der Waals surface area (Å²) in [4.78, 5) is 14.8. The van der Waals surface area contributed by atoms with E-state index in [9.17, 15) is 4.79 Å². The number of hydrogen-bond acceptors (Lipinski definition) is 3. The molecule has 2 rings (SSSR count). The van der Waals surface area contributed by atoms with E-state index >= 15 is 0 Å². The van der Waals surface area contributed by atoms with Gasteiger partial charge in [0.2, 0.25) is 0 Å². The average molecular weight is 248 g/mol. The number of anilines is 1. The molecule has 18 heavy (non-hydrogen) atoms. The number of nitrogens with one attached hydrogen (secondary N) is 1. The molecule has 0 unspecified atom stereocenters. The van der Waals surface area contributed by atoms with Crippen LogP contribution in [0.3, 0.4) is 0 Å². The van der Waals surface area contributed by atoms with E-state index in [4.69, 9.17) is 5.11 Å². The second-order valence-electron chi connectivity index (χ2n) is 4.95. The highest BCUT2D eigenvalue weighted by molar-refractivity contribution is 5.93. The zero-order valence-electron chi connectivity index (χ0n) is 10.6. The van der Waals surface area contributed by atoms with Crippen LogP contribution in [0, 0.1) is 5.92 Å². The van der Waals surface area contributed by atoms with Crippen LogP contribution in [0.15, 0.2) is 18.5 Å². The second-order valence-corrected chi connectivity index (χ2v) is 4.95. The van der Waals surface area contributed by atoms with Crippen LogP contribution < -0.4 is 5.32 Å². The Labute approximate surface area is 107 Å². The van der Waals surface area contributed by atoms with Crippen molar-refractivity contribution in [3.05, 3.63) is 24.0 Å². The fourth-order valence-corrected chi connectivity index (χ4v) is 2.63. The SMILES string of the molecule is O=C(O)c1cnccc1NCCCC1CCCC1. The Balaban J connectivity index is 1.77. The highest BCUT2D eigenvalue weighted by Gasteiger charge is 2.14. The van der Waals surface area contributed by atoms with Gasteiger partial charge in [-0.1, -0.05) is 25.7 Å². The number of carboxylic acid groups (broad SMARTS) is 1. The summed E-state index contributed by atoms with van der Waals surface area (Å²) in [7, 11) is 0. The first-order chi connectivity index (χ1) is 8.77. The van der Waals surface area contributed by atoms with Gasteiger partial charge in [0.05, 0.1) is 5.69 Å². The Hall–Kier alpha value is -1.58. The van der Waals surface area contributed by atoms with Crippen LogP contribution >= 0.6 is 0 Å². The van der Waals surface area contributed by atoms with Gasteiger partial charge in [-0.15, -0.1) is 0 Å². The van der Waals surface area contributed by atoms with Gasteiger partial charge in [-0.25, -0.2) is 4.79 Å². The summed E-state index contributed by atoms with van der Waals surface area (Å²) in [5.41, 5.74) is 0.919. The summed E-state index contributed by atoms with van der Waals surface area (Å²) in [5.74, 6) is -0.0374. The van der Waals surface area contributed by atoms with Crippen molar-refractivity contribution in [2.75, 3.05) is 11.9 Å². The maximum atomic E-state index is 11.0. The number of rotatable bonds is 6. The maximum Gasteiger partial charge on any atom is 0.339 e. The summed E-state index contributed by atoms with van der Waals surface area (Å²) in [5, 5.41) is 12.2. The first-order valence-corrected chi connectivity index (χ1v) is 6.68. The average Bonchev–Trinajstić information content (AvgIpc) is 2.88. The van der Waals surface area contributed by atoms with Crippen molar-refractivity contribution in [2.45, 2.75) is 38.5 Å². The number of aromatic nitrogens is 1. The topological polar surface area (TPSA) is 62.2 Å². The Morgan fingerprint density at radius 1 is 1.44 bits per heavy atom. The Morgan fingerprint density at radius 2 is 2.22 bits per heavy atom. The predicted octanol–water partition coefficient (Wildman–Crippen LogP) is 3.16. The van der Waals surface area contributed by atoms with Gasteiger partial charge in [0, 0.05) is 18.9 Å². The molecule has 1 aromatic heterocycles. The lowest BCUT2D eigenvalue weighted by Crippen LogP contribution is -2.09. The summed E-state index contributed by atoms with van der Waals surface area (Å²) in [6.45, 7) is 0.834. The Morgan fingerprint density at radius 3 is 2.94 bits per heavy atom. The van der Waals surface area contributed by atoms with Crippen LogP contribution in [0.2, 0.25) is 0 Å². The molecule has 2 N–H and O–H groups in total. The molecule has 0 bridgehead atoms. The zero-order valence-corrected chi connectivity index (χ0v) is 10.6. The zero-order chi connectivity index (χ0) is 12.8. The van der Waals surface area contributed by atoms with Gasteiger partial charge in [0.15, 0.2) is 0 Å². The monoisotopic (exact) mass is 248 g/mol. The molecule has 0 saturated heterocycles. The van der Waals surface area contributed by atoms with Crippen molar-refractivity contribution in [3.63, 3.8) is 0 Å². The molecule has 0 radical (unpaired) electrons. The summed E-state index contributed by atoms with van der Waals surface area (Å²) < 4.78 is 0. The minimum Gasteiger partial charge on any atom is -0.478 e. The lowest BCUT2D eigenvalue weighted by molar-refractivity contribution is 0.0697. The number of pyridine rings is 1. The van der Waals surface area contributed by atoms with Crippen molar-refractivity contribution in [1.29, 1.82) is 0 Å². The van der Waals surface area contributed by atoms with Gasteiger partial charge >= 0.3 is 5.97 Å². The predicted molar refractivity (Wildman–Crippen MR) is 70.9 cm³/mol. The van der Waals surface area contributed by atoms with Crippen LogP contribution in [0.25, 0.3) is 0 Å². The molecule has 1 fully saturated rings. The van der Waals surface area contributed by atoms with E-state index in [2.05, 4.69) is 10.3 Å². The Kier molecular flexibility index (Phi) is 4.56. The van der Waals surface area contributed by atoms with Gasteiger partial charge in [-0.2, -0.15) is 0 Å². The maximum absolute atomic E-state index is 11.0. The van der Waals surface area contributed by atoms with Crippen LogP contribution in [-0.2, 0) is 0 Å². The third-order valence-electron chi connectivity index (χ3n) is 3.63. The smallest absolute Gasteiger partial charge is 0.339 e. The quantitative estimate of drug-likeness (QED) is 0.759. The molecule has 4 nitrogen and oxygen atoms in total. The first kappa shape index (κ1) is 12.9. The molecule has 0 aliphatic heterocycles. The number of aromatic carboxylic acids is 1. The summed E-state index contributed by atoms with van der Waals surface area (Å²) >= 11 is 0. The number of carboxylic acids is 1. The molecule has 1 saturated carbocycles. The second kappa shape index (κ2) is 6.38. The van der Waals surface area contributed by atoms with Crippen molar-refractivity contribution in [2.24, 2.45) is 5.92 Å². The fraction of sp³-hybridized carbons (Fsp3) is 0.571. The number of hydrogen-bond donors (Lipinski definition) is 2. The number of nitrogens with zero attached hydrogens (tertiary/aromatic N) is 1. The van der Waals surface area contributed by atoms with Crippen LogP contribution in [-0.4, -0.2) is 22.6 Å². The Bertz CT molecular complexity index is 401. The lowest BCUT2D eigenvalue weighted by Gasteiger charge is -2.11. The molecule has 4 heteroatoms. The largest absolute Gasteiger partial charge is 0.478 e. The minimum absolute atomic E-state index is 0.248. The molecule has 1 aliphatic rings. The lowest BCUT2D eigenvalue weighted by atomic mass is 10.0. The molecular weight excluding hydrogens is 228 g/mol. The van der Waals surface area contributed by atoms with Gasteiger partial charge in [0.1, 0.15) is 5.56 Å². The molecule has 0 spiro atoms. The molecule has 0 amide bonds. The highest BCUT2D eigenvalue weighted by Crippen LogP contribution is 2.28. The van der Waals surface area contributed by atoms with E-state index in [1.165, 1.54) is 38.3 Å². The molecule has 1 heterocycles. The molecule has 0 aromatic carbocycles. The van der Waals surface area contributed by atoms with E-state index < -0.39 is 5.97 Å².